The SMILES string of the molecule is CCOc1cc(/C=C2/SC(=Nc3cccc(Cl)c3C)NC2=O)ccc1OCc1ccc(F)cc1. The fourth-order valence-corrected chi connectivity index (χ4v) is 4.21. The first-order valence-corrected chi connectivity index (χ1v) is 11.8. The molecule has 3 aromatic carbocycles. The van der Waals surface area contributed by atoms with E-state index in [4.69, 9.17) is 21.1 Å². The molecule has 0 saturated carbocycles. The number of nitrogens with one attached hydrogen (secondary N) is 1. The monoisotopic (exact) mass is 496 g/mol. The molecule has 0 aliphatic carbocycles. The number of nitrogens with zero attached hydrogens (tertiary/aromatic N) is 1. The molecule has 1 N–H and O–H groups in total. The van der Waals surface area contributed by atoms with E-state index in [2.05, 4.69) is 10.3 Å². The number of carbonyl (C=O) groups is 1. The Morgan fingerprint density at radius 1 is 1.09 bits per heavy atom. The molecular weight excluding hydrogens is 475 g/mol. The van der Waals surface area contributed by atoms with Gasteiger partial charge in [-0.2, -0.15) is 0 Å². The molecular formula is C26H22ClFN2O3S. The van der Waals surface area contributed by atoms with Gasteiger partial charge in [-0.1, -0.05) is 35.9 Å². The summed E-state index contributed by atoms with van der Waals surface area (Å²) in [5.74, 6) is 0.611. The first-order chi connectivity index (χ1) is 16.4. The van der Waals surface area contributed by atoms with Crippen LogP contribution >= 0.6 is 23.4 Å². The van der Waals surface area contributed by atoms with Gasteiger partial charge in [-0.15, -0.1) is 0 Å². The molecule has 174 valence electrons. The van der Waals surface area contributed by atoms with Gasteiger partial charge in [0.2, 0.25) is 0 Å². The van der Waals surface area contributed by atoms with E-state index in [1.807, 2.05) is 38.1 Å². The number of carbonyl (C=O) groups excluding carboxylic acids is 1. The minimum absolute atomic E-state index is 0.224. The Morgan fingerprint density at radius 3 is 2.65 bits per heavy atom. The average molecular weight is 497 g/mol. The zero-order valence-corrected chi connectivity index (χ0v) is 20.2. The summed E-state index contributed by atoms with van der Waals surface area (Å²) in [6.07, 6.45) is 1.78. The second kappa shape index (κ2) is 10.8. The number of hydrogen-bond acceptors (Lipinski definition) is 5. The summed E-state index contributed by atoms with van der Waals surface area (Å²) >= 11 is 7.43. The highest BCUT2D eigenvalue weighted by atomic mass is 35.5. The summed E-state index contributed by atoms with van der Waals surface area (Å²) < 4.78 is 24.7. The van der Waals surface area contributed by atoms with Crippen molar-refractivity contribution in [2.75, 3.05) is 6.61 Å². The molecule has 0 radical (unpaired) electrons. The molecule has 1 aliphatic heterocycles. The molecule has 0 bridgehead atoms. The predicted octanol–water partition coefficient (Wildman–Crippen LogP) is 6.66. The topological polar surface area (TPSA) is 59.9 Å². The first-order valence-electron chi connectivity index (χ1n) is 10.6. The number of hydrogen-bond donors (Lipinski definition) is 1. The van der Waals surface area contributed by atoms with E-state index in [1.165, 1.54) is 23.9 Å². The van der Waals surface area contributed by atoms with Gasteiger partial charge in [0.25, 0.3) is 5.91 Å². The molecule has 4 rings (SSSR count). The van der Waals surface area contributed by atoms with Crippen molar-refractivity contribution in [2.45, 2.75) is 20.5 Å². The van der Waals surface area contributed by atoms with Gasteiger partial charge in [0, 0.05) is 5.02 Å². The molecule has 0 spiro atoms. The summed E-state index contributed by atoms with van der Waals surface area (Å²) in [6, 6.07) is 17.1. The molecule has 0 atom stereocenters. The minimum Gasteiger partial charge on any atom is -0.490 e. The minimum atomic E-state index is -0.291. The van der Waals surface area contributed by atoms with E-state index in [0.29, 0.717) is 38.9 Å². The molecule has 8 heteroatoms. The quantitative estimate of drug-likeness (QED) is 0.372. The second-order valence-corrected chi connectivity index (χ2v) is 8.86. The highest BCUT2D eigenvalue weighted by Gasteiger charge is 2.24. The van der Waals surface area contributed by atoms with Crippen LogP contribution in [0.4, 0.5) is 10.1 Å². The predicted molar refractivity (Wildman–Crippen MR) is 135 cm³/mol. The van der Waals surface area contributed by atoms with Crippen LogP contribution in [-0.4, -0.2) is 17.7 Å². The summed E-state index contributed by atoms with van der Waals surface area (Å²) in [5.41, 5.74) is 3.19. The number of amides is 1. The Kier molecular flexibility index (Phi) is 7.55. The third-order valence-electron chi connectivity index (χ3n) is 4.98. The van der Waals surface area contributed by atoms with Crippen LogP contribution < -0.4 is 14.8 Å². The number of aliphatic imine (C=N–C) groups is 1. The summed E-state index contributed by atoms with van der Waals surface area (Å²) in [5, 5.41) is 3.91. The van der Waals surface area contributed by atoms with Crippen LogP contribution in [0.1, 0.15) is 23.6 Å². The van der Waals surface area contributed by atoms with Gasteiger partial charge in [-0.05, 0) is 84.8 Å². The lowest BCUT2D eigenvalue weighted by Gasteiger charge is -2.13. The van der Waals surface area contributed by atoms with E-state index in [9.17, 15) is 9.18 Å². The van der Waals surface area contributed by atoms with Crippen LogP contribution in [0.2, 0.25) is 5.02 Å². The number of thioether (sulfide) groups is 1. The van der Waals surface area contributed by atoms with Crippen LogP contribution in [0.25, 0.3) is 6.08 Å². The zero-order valence-electron chi connectivity index (χ0n) is 18.6. The maximum Gasteiger partial charge on any atom is 0.264 e. The molecule has 0 unspecified atom stereocenters. The van der Waals surface area contributed by atoms with Gasteiger partial charge in [-0.25, -0.2) is 9.38 Å². The normalized spacial score (nSPS) is 15.6. The van der Waals surface area contributed by atoms with E-state index in [0.717, 1.165) is 16.7 Å². The molecule has 1 aliphatic rings. The van der Waals surface area contributed by atoms with Crippen LogP contribution in [0.15, 0.2) is 70.6 Å². The van der Waals surface area contributed by atoms with Crippen molar-refractivity contribution >= 4 is 46.2 Å². The molecule has 5 nitrogen and oxygen atoms in total. The summed E-state index contributed by atoms with van der Waals surface area (Å²) in [4.78, 5) is 17.6. The van der Waals surface area contributed by atoms with Crippen LogP contribution in [0.5, 0.6) is 11.5 Å². The van der Waals surface area contributed by atoms with Crippen LogP contribution in [0, 0.1) is 12.7 Å². The van der Waals surface area contributed by atoms with Crippen molar-refractivity contribution in [2.24, 2.45) is 4.99 Å². The third-order valence-corrected chi connectivity index (χ3v) is 6.30. The van der Waals surface area contributed by atoms with Crippen molar-refractivity contribution in [3.05, 3.63) is 93.1 Å². The van der Waals surface area contributed by atoms with Gasteiger partial charge < -0.3 is 14.8 Å². The maximum atomic E-state index is 13.1. The second-order valence-electron chi connectivity index (χ2n) is 7.42. The van der Waals surface area contributed by atoms with Crippen LogP contribution in [0.3, 0.4) is 0 Å². The van der Waals surface area contributed by atoms with Crippen molar-refractivity contribution in [1.29, 1.82) is 0 Å². The van der Waals surface area contributed by atoms with Gasteiger partial charge in [0.05, 0.1) is 17.2 Å². The fourth-order valence-electron chi connectivity index (χ4n) is 3.20. The molecule has 1 saturated heterocycles. The molecule has 1 heterocycles. The van der Waals surface area contributed by atoms with Gasteiger partial charge in [0.1, 0.15) is 12.4 Å². The van der Waals surface area contributed by atoms with E-state index in [1.54, 1.807) is 30.3 Å². The lowest BCUT2D eigenvalue weighted by molar-refractivity contribution is -0.115. The lowest BCUT2D eigenvalue weighted by Crippen LogP contribution is -2.19. The smallest absolute Gasteiger partial charge is 0.264 e. The maximum absolute atomic E-state index is 13.1. The molecule has 3 aromatic rings. The Bertz CT molecular complexity index is 1280. The molecule has 1 fully saturated rings. The van der Waals surface area contributed by atoms with Crippen molar-refractivity contribution < 1.29 is 18.7 Å². The Hall–Kier alpha value is -3.29. The Morgan fingerprint density at radius 2 is 1.88 bits per heavy atom. The first kappa shape index (κ1) is 23.9. The number of halogens is 2. The highest BCUT2D eigenvalue weighted by molar-refractivity contribution is 8.18. The number of amidine groups is 1. The molecule has 34 heavy (non-hydrogen) atoms. The number of ether oxygens (including phenoxy) is 2. The van der Waals surface area contributed by atoms with Gasteiger partial charge in [0.15, 0.2) is 16.7 Å². The van der Waals surface area contributed by atoms with Gasteiger partial charge >= 0.3 is 0 Å². The average Bonchev–Trinajstić information content (AvgIpc) is 3.16. The van der Waals surface area contributed by atoms with E-state index in [-0.39, 0.29) is 18.3 Å². The van der Waals surface area contributed by atoms with Crippen molar-refractivity contribution in [1.82, 2.24) is 5.32 Å². The van der Waals surface area contributed by atoms with Crippen LogP contribution in [-0.2, 0) is 11.4 Å². The standard InChI is InChI=1S/C26H22ClFN2O3S/c1-3-32-23-13-18(9-12-22(23)33-15-17-7-10-19(28)11-8-17)14-24-25(31)30-26(34-24)29-21-6-4-5-20(27)16(21)2/h4-14H,3,15H2,1-2H3,(H,29,30,31)/b24-14+. The zero-order chi connectivity index (χ0) is 24.1. The fraction of sp³-hybridized carbons (Fsp3) is 0.154. The largest absolute Gasteiger partial charge is 0.490 e. The lowest BCUT2D eigenvalue weighted by atomic mass is 10.2. The number of rotatable bonds is 7. The van der Waals surface area contributed by atoms with E-state index < -0.39 is 0 Å². The number of benzene rings is 3. The Balaban J connectivity index is 1.52. The molecule has 0 aromatic heterocycles. The van der Waals surface area contributed by atoms with Crippen molar-refractivity contribution in [3.63, 3.8) is 0 Å². The Labute approximate surface area is 206 Å². The van der Waals surface area contributed by atoms with Crippen molar-refractivity contribution in [3.8, 4) is 11.5 Å². The molecule has 1 amide bonds. The summed E-state index contributed by atoms with van der Waals surface area (Å²) in [6.45, 7) is 4.50. The van der Waals surface area contributed by atoms with Gasteiger partial charge in [-0.3, -0.25) is 4.79 Å². The third kappa shape index (κ3) is 5.79. The highest BCUT2D eigenvalue weighted by Crippen LogP contribution is 2.34. The summed E-state index contributed by atoms with van der Waals surface area (Å²) in [7, 11) is 0. The van der Waals surface area contributed by atoms with E-state index >= 15 is 0 Å².